The Morgan fingerprint density at radius 2 is 0.350 bits per heavy atom. The molecule has 0 fully saturated rings. The van der Waals surface area contributed by atoms with E-state index < -0.39 is 15.8 Å². The summed E-state index contributed by atoms with van der Waals surface area (Å²) in [6.45, 7) is 0. The van der Waals surface area contributed by atoms with Gasteiger partial charge in [-0.3, -0.25) is 0 Å². The minimum Gasteiger partial charge on any atom is -0.0622 e. The van der Waals surface area contributed by atoms with Gasteiger partial charge >= 0.3 is 21.1 Å². The second kappa shape index (κ2) is 18.1. The molecule has 0 aliphatic carbocycles. The predicted octanol–water partition coefficient (Wildman–Crippen LogP) is 5.97. The number of benzene rings is 6. The van der Waals surface area contributed by atoms with E-state index in [-0.39, 0.29) is 72.4 Å². The fourth-order valence-electron chi connectivity index (χ4n) is 4.36. The molecule has 0 heterocycles. The normalized spacial score (nSPS) is 10.1. The molecule has 197 valence electrons. The van der Waals surface area contributed by atoms with E-state index in [1.807, 2.05) is 0 Å². The molecule has 6 rings (SSSR count). The molecule has 4 heteroatoms. The molecule has 1 radical (unpaired) electrons. The average Bonchev–Trinajstić information content (AvgIpc) is 3.01. The summed E-state index contributed by atoms with van der Waals surface area (Å²) in [7, 11) is -0.892. The van der Waals surface area contributed by atoms with Crippen molar-refractivity contribution in [2.45, 2.75) is 0 Å². The zero-order valence-corrected chi connectivity index (χ0v) is 30.0. The standard InChI is InChI=1S/2C18H15P.K.Pt.2H/c2*1-4-10-16(11-5-1)19(17-12-6-2-7-13-17)18-14-8-3-9-15-18;;;;/h2*1-15H;;;;. The van der Waals surface area contributed by atoms with Crippen LogP contribution in [0.15, 0.2) is 182 Å². The van der Waals surface area contributed by atoms with E-state index in [1.54, 1.807) is 0 Å². The van der Waals surface area contributed by atoms with Gasteiger partial charge in [0.2, 0.25) is 0 Å². The molecule has 0 aliphatic heterocycles. The third-order valence-corrected chi connectivity index (χ3v) is 11.0. The molecule has 0 saturated heterocycles. The van der Waals surface area contributed by atoms with Crippen LogP contribution in [0, 0.1) is 0 Å². The molecular weight excluding hydrogens is 729 g/mol. The molecular formula is C36H32KP2Pt. The molecule has 0 spiro atoms. The van der Waals surface area contributed by atoms with Gasteiger partial charge in [-0.2, -0.15) is 0 Å². The van der Waals surface area contributed by atoms with Crippen LogP contribution in [0.1, 0.15) is 0 Å². The van der Waals surface area contributed by atoms with Crippen LogP contribution in [0.5, 0.6) is 0 Å². The van der Waals surface area contributed by atoms with E-state index in [1.165, 1.54) is 31.8 Å². The van der Waals surface area contributed by atoms with Crippen LogP contribution in [0.2, 0.25) is 0 Å². The van der Waals surface area contributed by atoms with Crippen LogP contribution in [-0.4, -0.2) is 51.4 Å². The van der Waals surface area contributed by atoms with Crippen LogP contribution in [-0.2, 0) is 21.1 Å². The van der Waals surface area contributed by atoms with Gasteiger partial charge in [-0.15, -0.1) is 0 Å². The first kappa shape index (κ1) is 33.0. The molecule has 0 amide bonds. The Morgan fingerprint density at radius 1 is 0.225 bits per heavy atom. The maximum Gasteiger partial charge on any atom is -0.0134 e. The van der Waals surface area contributed by atoms with E-state index in [0.29, 0.717) is 0 Å². The van der Waals surface area contributed by atoms with E-state index in [2.05, 4.69) is 182 Å². The second-order valence-corrected chi connectivity index (χ2v) is 13.1. The van der Waals surface area contributed by atoms with Crippen molar-refractivity contribution in [3.63, 3.8) is 0 Å². The minimum atomic E-state index is -0.446. The van der Waals surface area contributed by atoms with Crippen LogP contribution < -0.4 is 31.8 Å². The topological polar surface area (TPSA) is 0 Å². The Bertz CT molecular complexity index is 1180. The molecule has 0 nitrogen and oxygen atoms in total. The van der Waals surface area contributed by atoms with Crippen molar-refractivity contribution in [3.05, 3.63) is 182 Å². The SMILES string of the molecule is [K].[PtH2].c1ccc(P(c2ccccc2)c2ccccc2)cc1.c1ccc(P(c2ccccc2)c2ccccc2)cc1. The van der Waals surface area contributed by atoms with Crippen LogP contribution in [0.3, 0.4) is 0 Å². The first-order valence-corrected chi connectivity index (χ1v) is 15.5. The molecule has 0 aliphatic rings. The van der Waals surface area contributed by atoms with Gasteiger partial charge in [0, 0.05) is 51.4 Å². The fourth-order valence-corrected chi connectivity index (χ4v) is 8.97. The van der Waals surface area contributed by atoms with E-state index in [9.17, 15) is 0 Å². The fraction of sp³-hybridized carbons (Fsp3) is 0. The predicted molar refractivity (Wildman–Crippen MR) is 179 cm³/mol. The number of hydrogen-bond acceptors (Lipinski definition) is 0. The average molecular weight is 761 g/mol. The zero-order chi connectivity index (χ0) is 25.8. The molecule has 6 aromatic rings. The third kappa shape index (κ3) is 9.26. The van der Waals surface area contributed by atoms with Gasteiger partial charge in [-0.1, -0.05) is 182 Å². The van der Waals surface area contributed by atoms with Gasteiger partial charge in [-0.05, 0) is 47.7 Å². The van der Waals surface area contributed by atoms with E-state index >= 15 is 0 Å². The second-order valence-electron chi connectivity index (χ2n) is 8.68. The van der Waals surface area contributed by atoms with Crippen molar-refractivity contribution in [2.75, 3.05) is 0 Å². The molecule has 6 aromatic carbocycles. The van der Waals surface area contributed by atoms with Crippen molar-refractivity contribution < 1.29 is 21.1 Å². The minimum absolute atomic E-state index is 0. The summed E-state index contributed by atoms with van der Waals surface area (Å²) in [6, 6.07) is 64.7. The quantitative estimate of drug-likeness (QED) is 0.145. The molecule has 0 saturated carbocycles. The summed E-state index contributed by atoms with van der Waals surface area (Å²) < 4.78 is 0. The summed E-state index contributed by atoms with van der Waals surface area (Å²) in [5, 5.41) is 8.39. The molecule has 0 atom stereocenters. The molecule has 40 heavy (non-hydrogen) atoms. The summed E-state index contributed by atoms with van der Waals surface area (Å²) in [5.74, 6) is 0. The van der Waals surface area contributed by atoms with Crippen LogP contribution in [0.4, 0.5) is 0 Å². The van der Waals surface area contributed by atoms with Crippen molar-refractivity contribution >= 4 is 99.1 Å². The summed E-state index contributed by atoms with van der Waals surface area (Å²) >= 11 is 0. The largest absolute Gasteiger partial charge is 0.0622 e. The Balaban J connectivity index is 0.000000210. The Hall–Kier alpha value is -1.50. The molecule has 0 bridgehead atoms. The van der Waals surface area contributed by atoms with Gasteiger partial charge < -0.3 is 0 Å². The van der Waals surface area contributed by atoms with Gasteiger partial charge in [-0.25, -0.2) is 0 Å². The summed E-state index contributed by atoms with van der Waals surface area (Å²) in [5.41, 5.74) is 0. The maximum absolute atomic E-state index is 2.23. The molecule has 0 N–H and O–H groups in total. The first-order chi connectivity index (χ1) is 18.9. The van der Waals surface area contributed by atoms with E-state index in [0.717, 1.165) is 0 Å². The van der Waals surface area contributed by atoms with Gasteiger partial charge in [0.25, 0.3) is 0 Å². The zero-order valence-electron chi connectivity index (χ0n) is 22.6. The maximum atomic E-state index is 2.23. The van der Waals surface area contributed by atoms with Crippen molar-refractivity contribution in [3.8, 4) is 0 Å². The summed E-state index contributed by atoms with van der Waals surface area (Å²) in [6.07, 6.45) is 0. The van der Waals surface area contributed by atoms with E-state index in [4.69, 9.17) is 0 Å². The Morgan fingerprint density at radius 3 is 0.475 bits per heavy atom. The van der Waals surface area contributed by atoms with Crippen molar-refractivity contribution in [1.82, 2.24) is 0 Å². The van der Waals surface area contributed by atoms with Gasteiger partial charge in [0.1, 0.15) is 0 Å². The molecule has 0 unspecified atom stereocenters. The smallest absolute Gasteiger partial charge is 0.0134 e. The van der Waals surface area contributed by atoms with Crippen molar-refractivity contribution in [1.29, 1.82) is 0 Å². The molecule has 0 aromatic heterocycles. The number of hydrogen-bond donors (Lipinski definition) is 0. The first-order valence-electron chi connectivity index (χ1n) is 12.8. The third-order valence-electron chi connectivity index (χ3n) is 6.09. The van der Waals surface area contributed by atoms with Crippen LogP contribution >= 0.6 is 15.8 Å². The summed E-state index contributed by atoms with van der Waals surface area (Å²) in [4.78, 5) is 0. The Labute approximate surface area is 298 Å². The monoisotopic (exact) mass is 760 g/mol. The Kier molecular flexibility index (Phi) is 15.0. The van der Waals surface area contributed by atoms with Crippen molar-refractivity contribution in [2.24, 2.45) is 0 Å². The number of rotatable bonds is 6. The van der Waals surface area contributed by atoms with Gasteiger partial charge in [0.05, 0.1) is 0 Å². The van der Waals surface area contributed by atoms with Crippen LogP contribution in [0.25, 0.3) is 0 Å². The van der Waals surface area contributed by atoms with Gasteiger partial charge in [0.15, 0.2) is 0 Å².